The summed E-state index contributed by atoms with van der Waals surface area (Å²) in [5.41, 5.74) is 0.329. The molecule has 0 bridgehead atoms. The van der Waals surface area contributed by atoms with Gasteiger partial charge in [-0.1, -0.05) is 18.2 Å². The molecule has 1 aliphatic heterocycles. The summed E-state index contributed by atoms with van der Waals surface area (Å²) >= 11 is 0. The summed E-state index contributed by atoms with van der Waals surface area (Å²) in [6.07, 6.45) is -3.96. The molecule has 0 fully saturated rings. The minimum Gasteiger partial charge on any atom is -0.271 e. The van der Waals surface area contributed by atoms with Crippen LogP contribution in [-0.4, -0.2) is 18.3 Å². The van der Waals surface area contributed by atoms with Gasteiger partial charge in [-0.05, 0) is 12.1 Å². The molecule has 1 atom stereocenters. The van der Waals surface area contributed by atoms with Crippen LogP contribution in [0.1, 0.15) is 0 Å². The van der Waals surface area contributed by atoms with Crippen LogP contribution < -0.4 is 5.01 Å². The van der Waals surface area contributed by atoms with Crippen molar-refractivity contribution in [3.8, 4) is 0 Å². The van der Waals surface area contributed by atoms with E-state index in [0.29, 0.717) is 11.9 Å². The highest BCUT2D eigenvalue weighted by Crippen LogP contribution is 2.31. The maximum absolute atomic E-state index is 12.4. The van der Waals surface area contributed by atoms with Crippen LogP contribution in [0.3, 0.4) is 0 Å². The maximum Gasteiger partial charge on any atom is 0.405 e. The number of anilines is 1. The molecule has 1 aliphatic rings. The zero-order valence-electron chi connectivity index (χ0n) is 7.98. The number of para-hydroxylation sites is 1. The number of carbonyl (C=O) groups is 1. The fourth-order valence-electron chi connectivity index (χ4n) is 1.37. The van der Waals surface area contributed by atoms with Crippen molar-refractivity contribution in [2.45, 2.75) is 6.18 Å². The van der Waals surface area contributed by atoms with E-state index >= 15 is 0 Å². The Hall–Kier alpha value is -1.85. The minimum absolute atomic E-state index is 0.329. The Balaban J connectivity index is 2.25. The molecule has 3 nitrogen and oxygen atoms in total. The molecule has 2 rings (SSSR count). The summed E-state index contributed by atoms with van der Waals surface area (Å²) in [6, 6.07) is 8.00. The molecular formula is C10H7F3N2O. The molecule has 1 aromatic rings. The van der Waals surface area contributed by atoms with E-state index in [9.17, 15) is 18.0 Å². The third kappa shape index (κ3) is 1.78. The van der Waals surface area contributed by atoms with Gasteiger partial charge in [-0.15, -0.1) is 0 Å². The predicted octanol–water partition coefficient (Wildman–Crippen LogP) is 2.20. The Kier molecular flexibility index (Phi) is 2.41. The molecule has 1 aromatic carbocycles. The standard InChI is InChI=1S/C10H7F3N2O/c11-10(12,13)8-6-14-15(9(8)16)7-4-2-1-3-5-7/h1-6,8H. The number of hydrazone groups is 1. The Morgan fingerprint density at radius 2 is 1.81 bits per heavy atom. The van der Waals surface area contributed by atoms with Gasteiger partial charge in [-0.3, -0.25) is 4.79 Å². The Morgan fingerprint density at radius 3 is 2.31 bits per heavy atom. The van der Waals surface area contributed by atoms with Gasteiger partial charge in [0.2, 0.25) is 0 Å². The van der Waals surface area contributed by atoms with Gasteiger partial charge in [0.1, 0.15) is 0 Å². The number of benzene rings is 1. The zero-order chi connectivity index (χ0) is 11.8. The van der Waals surface area contributed by atoms with Gasteiger partial charge in [0.15, 0.2) is 5.92 Å². The van der Waals surface area contributed by atoms with Crippen LogP contribution in [0.15, 0.2) is 35.4 Å². The van der Waals surface area contributed by atoms with Gasteiger partial charge in [-0.2, -0.15) is 18.3 Å². The smallest absolute Gasteiger partial charge is 0.271 e. The van der Waals surface area contributed by atoms with E-state index in [1.165, 1.54) is 12.1 Å². The largest absolute Gasteiger partial charge is 0.405 e. The van der Waals surface area contributed by atoms with E-state index in [1.807, 2.05) is 0 Å². The van der Waals surface area contributed by atoms with Crippen LogP contribution in [0.2, 0.25) is 0 Å². The quantitative estimate of drug-likeness (QED) is 0.725. The van der Waals surface area contributed by atoms with Crippen LogP contribution in [0.4, 0.5) is 18.9 Å². The highest BCUT2D eigenvalue weighted by molar-refractivity contribution is 6.08. The highest BCUT2D eigenvalue weighted by atomic mass is 19.4. The fraction of sp³-hybridized carbons (Fsp3) is 0.200. The van der Waals surface area contributed by atoms with Crippen LogP contribution in [0.25, 0.3) is 0 Å². The number of hydrogen-bond donors (Lipinski definition) is 0. The molecule has 0 aromatic heterocycles. The van der Waals surface area contributed by atoms with Crippen molar-refractivity contribution in [1.29, 1.82) is 0 Å². The van der Waals surface area contributed by atoms with E-state index in [4.69, 9.17) is 0 Å². The SMILES string of the molecule is O=C1C(C(F)(F)F)C=NN1c1ccccc1. The van der Waals surface area contributed by atoms with Crippen molar-refractivity contribution in [3.63, 3.8) is 0 Å². The number of nitrogens with zero attached hydrogens (tertiary/aromatic N) is 2. The van der Waals surface area contributed by atoms with Gasteiger partial charge in [0.25, 0.3) is 5.91 Å². The molecule has 6 heteroatoms. The van der Waals surface area contributed by atoms with Gasteiger partial charge < -0.3 is 0 Å². The van der Waals surface area contributed by atoms with Crippen LogP contribution in [0.5, 0.6) is 0 Å². The number of halogens is 3. The number of rotatable bonds is 1. The molecule has 0 spiro atoms. The monoisotopic (exact) mass is 228 g/mol. The van der Waals surface area contributed by atoms with Crippen LogP contribution in [-0.2, 0) is 4.79 Å². The second-order valence-corrected chi connectivity index (χ2v) is 3.27. The van der Waals surface area contributed by atoms with E-state index in [1.54, 1.807) is 18.2 Å². The van der Waals surface area contributed by atoms with Crippen LogP contribution in [0, 0.1) is 5.92 Å². The molecule has 84 valence electrons. The third-order valence-corrected chi connectivity index (χ3v) is 2.16. The molecule has 1 unspecified atom stereocenters. The normalized spacial score (nSPS) is 20.6. The summed E-state index contributed by atoms with van der Waals surface area (Å²) in [7, 11) is 0. The van der Waals surface area contributed by atoms with Gasteiger partial charge in [0.05, 0.1) is 5.69 Å². The molecule has 0 aliphatic carbocycles. The first kappa shape index (κ1) is 10.7. The van der Waals surface area contributed by atoms with E-state index < -0.39 is 18.0 Å². The Labute approximate surface area is 89.2 Å². The molecule has 1 heterocycles. The van der Waals surface area contributed by atoms with E-state index in [-0.39, 0.29) is 0 Å². The van der Waals surface area contributed by atoms with Crippen molar-refractivity contribution >= 4 is 17.8 Å². The lowest BCUT2D eigenvalue weighted by atomic mass is 10.1. The molecule has 0 saturated heterocycles. The van der Waals surface area contributed by atoms with Gasteiger partial charge in [0, 0.05) is 6.21 Å². The summed E-state index contributed by atoms with van der Waals surface area (Å²) in [5.74, 6) is -3.20. The van der Waals surface area contributed by atoms with Gasteiger partial charge >= 0.3 is 6.18 Å². The Morgan fingerprint density at radius 1 is 1.19 bits per heavy atom. The number of hydrogen-bond acceptors (Lipinski definition) is 2. The first-order chi connectivity index (χ1) is 7.50. The molecule has 1 amide bonds. The Bertz CT molecular complexity index is 427. The van der Waals surface area contributed by atoms with Gasteiger partial charge in [-0.25, -0.2) is 5.01 Å². The van der Waals surface area contributed by atoms with Crippen molar-refractivity contribution in [3.05, 3.63) is 30.3 Å². The average molecular weight is 228 g/mol. The third-order valence-electron chi connectivity index (χ3n) is 2.16. The lowest BCUT2D eigenvalue weighted by molar-refractivity contribution is -0.164. The average Bonchev–Trinajstić information content (AvgIpc) is 2.61. The molecule has 0 N–H and O–H groups in total. The fourth-order valence-corrected chi connectivity index (χ4v) is 1.37. The topological polar surface area (TPSA) is 32.7 Å². The summed E-state index contributed by atoms with van der Waals surface area (Å²) in [6.45, 7) is 0. The highest BCUT2D eigenvalue weighted by Gasteiger charge is 2.48. The molecule has 16 heavy (non-hydrogen) atoms. The zero-order valence-corrected chi connectivity index (χ0v) is 7.98. The number of amides is 1. The lowest BCUT2D eigenvalue weighted by Gasteiger charge is -2.15. The minimum atomic E-state index is -4.58. The summed E-state index contributed by atoms with van der Waals surface area (Å²) in [4.78, 5) is 11.4. The molecule has 0 radical (unpaired) electrons. The van der Waals surface area contributed by atoms with Crippen molar-refractivity contribution < 1.29 is 18.0 Å². The summed E-state index contributed by atoms with van der Waals surface area (Å²) in [5, 5.41) is 4.24. The molecular weight excluding hydrogens is 221 g/mol. The number of alkyl halides is 3. The first-order valence-corrected chi connectivity index (χ1v) is 4.50. The van der Waals surface area contributed by atoms with Crippen molar-refractivity contribution in [2.75, 3.05) is 5.01 Å². The number of carbonyl (C=O) groups excluding carboxylic acids is 1. The first-order valence-electron chi connectivity index (χ1n) is 4.50. The van der Waals surface area contributed by atoms with Crippen molar-refractivity contribution in [1.82, 2.24) is 0 Å². The molecule has 0 saturated carbocycles. The lowest BCUT2D eigenvalue weighted by Crippen LogP contribution is -2.35. The summed E-state index contributed by atoms with van der Waals surface area (Å²) < 4.78 is 37.1. The van der Waals surface area contributed by atoms with Crippen molar-refractivity contribution in [2.24, 2.45) is 11.0 Å². The van der Waals surface area contributed by atoms with E-state index in [0.717, 1.165) is 5.01 Å². The predicted molar refractivity (Wildman–Crippen MR) is 52.0 cm³/mol. The second kappa shape index (κ2) is 3.62. The second-order valence-electron chi connectivity index (χ2n) is 3.27. The van der Waals surface area contributed by atoms with Crippen LogP contribution >= 0.6 is 0 Å². The maximum atomic E-state index is 12.4. The van der Waals surface area contributed by atoms with E-state index in [2.05, 4.69) is 5.10 Å².